The molecule has 0 fully saturated rings. The summed E-state index contributed by atoms with van der Waals surface area (Å²) < 4.78 is 1.82. The second-order valence-corrected chi connectivity index (χ2v) is 6.68. The minimum absolute atomic E-state index is 0.0840. The van der Waals surface area contributed by atoms with Gasteiger partial charge in [-0.3, -0.25) is 4.79 Å². The molecule has 0 spiro atoms. The summed E-state index contributed by atoms with van der Waals surface area (Å²) in [5, 5.41) is 8.61. The van der Waals surface area contributed by atoms with Crippen molar-refractivity contribution >= 4 is 17.7 Å². The lowest BCUT2D eigenvalue weighted by Crippen LogP contribution is -2.31. The van der Waals surface area contributed by atoms with Crippen LogP contribution in [-0.2, 0) is 24.9 Å². The smallest absolute Gasteiger partial charge is 0.233 e. The molecule has 1 aromatic heterocycles. The topological polar surface area (TPSA) is 51.0 Å². The molecule has 0 radical (unpaired) electrons. The summed E-state index contributed by atoms with van der Waals surface area (Å²) in [5.74, 6) is 0.423. The van der Waals surface area contributed by atoms with Crippen molar-refractivity contribution in [3.05, 3.63) is 78.1 Å². The van der Waals surface area contributed by atoms with E-state index in [0.717, 1.165) is 16.3 Å². The third-order valence-corrected chi connectivity index (χ3v) is 4.80. The van der Waals surface area contributed by atoms with Gasteiger partial charge < -0.3 is 9.47 Å². The standard InChI is InChI=1S/C19H20N4OS/c1-22-15-20-21-19(22)25-14-18(24)23(12-16-8-4-2-5-9-16)13-17-10-6-3-7-11-17/h2-11,15H,12-14H2,1H3. The lowest BCUT2D eigenvalue weighted by Gasteiger charge is -2.23. The molecule has 1 heterocycles. The number of nitrogens with zero attached hydrogens (tertiary/aromatic N) is 4. The quantitative estimate of drug-likeness (QED) is 0.613. The number of carbonyl (C=O) groups excluding carboxylic acids is 1. The van der Waals surface area contributed by atoms with E-state index in [9.17, 15) is 4.79 Å². The summed E-state index contributed by atoms with van der Waals surface area (Å²) in [7, 11) is 1.87. The fourth-order valence-corrected chi connectivity index (χ4v) is 3.25. The predicted molar refractivity (Wildman–Crippen MR) is 98.9 cm³/mol. The Bertz CT molecular complexity index is 763. The number of amides is 1. The summed E-state index contributed by atoms with van der Waals surface area (Å²) in [4.78, 5) is 14.7. The third-order valence-electron chi connectivity index (χ3n) is 3.78. The predicted octanol–water partition coefficient (Wildman–Crippen LogP) is 3.14. The zero-order valence-electron chi connectivity index (χ0n) is 14.1. The molecule has 0 N–H and O–H groups in total. The van der Waals surface area contributed by atoms with Gasteiger partial charge in [-0.05, 0) is 11.1 Å². The van der Waals surface area contributed by atoms with E-state index >= 15 is 0 Å². The van der Waals surface area contributed by atoms with Crippen LogP contribution in [0.15, 0.2) is 72.1 Å². The first-order chi connectivity index (χ1) is 12.2. The molecule has 0 bridgehead atoms. The first kappa shape index (κ1) is 17.2. The van der Waals surface area contributed by atoms with Crippen LogP contribution < -0.4 is 0 Å². The van der Waals surface area contributed by atoms with Crippen molar-refractivity contribution in [2.75, 3.05) is 5.75 Å². The monoisotopic (exact) mass is 352 g/mol. The maximum Gasteiger partial charge on any atom is 0.233 e. The minimum Gasteiger partial charge on any atom is -0.333 e. The Hall–Kier alpha value is -2.60. The number of aromatic nitrogens is 3. The molecular weight excluding hydrogens is 332 g/mol. The molecule has 0 saturated heterocycles. The van der Waals surface area contributed by atoms with Crippen LogP contribution in [-0.4, -0.2) is 31.3 Å². The van der Waals surface area contributed by atoms with Crippen molar-refractivity contribution in [2.24, 2.45) is 7.05 Å². The molecule has 0 aliphatic rings. The second kappa shape index (κ2) is 8.48. The van der Waals surface area contributed by atoms with Gasteiger partial charge in [-0.15, -0.1) is 10.2 Å². The van der Waals surface area contributed by atoms with Crippen molar-refractivity contribution in [2.45, 2.75) is 18.2 Å². The van der Waals surface area contributed by atoms with Gasteiger partial charge >= 0.3 is 0 Å². The molecule has 3 rings (SSSR count). The molecule has 2 aromatic carbocycles. The maximum absolute atomic E-state index is 12.8. The molecule has 0 saturated carbocycles. The highest BCUT2D eigenvalue weighted by atomic mass is 32.2. The normalized spacial score (nSPS) is 10.6. The van der Waals surface area contributed by atoms with E-state index < -0.39 is 0 Å². The average Bonchev–Trinajstić information content (AvgIpc) is 3.06. The number of aryl methyl sites for hydroxylation is 1. The van der Waals surface area contributed by atoms with Crippen molar-refractivity contribution < 1.29 is 4.79 Å². The van der Waals surface area contributed by atoms with Crippen LogP contribution in [0.4, 0.5) is 0 Å². The molecule has 1 amide bonds. The molecule has 25 heavy (non-hydrogen) atoms. The van der Waals surface area contributed by atoms with E-state index in [0.29, 0.717) is 18.8 Å². The van der Waals surface area contributed by atoms with Crippen molar-refractivity contribution in [3.63, 3.8) is 0 Å². The van der Waals surface area contributed by atoms with Crippen molar-refractivity contribution in [1.82, 2.24) is 19.7 Å². The molecule has 0 aliphatic heterocycles. The third kappa shape index (κ3) is 4.93. The highest BCUT2D eigenvalue weighted by Gasteiger charge is 2.16. The van der Waals surface area contributed by atoms with Crippen molar-refractivity contribution in [3.8, 4) is 0 Å². The number of hydrogen-bond acceptors (Lipinski definition) is 4. The van der Waals surface area contributed by atoms with E-state index in [1.165, 1.54) is 11.8 Å². The van der Waals surface area contributed by atoms with Gasteiger partial charge in [0.25, 0.3) is 0 Å². The molecule has 128 valence electrons. The molecule has 0 unspecified atom stereocenters. The van der Waals surface area contributed by atoms with Crippen LogP contribution in [0.25, 0.3) is 0 Å². The van der Waals surface area contributed by atoms with Crippen LogP contribution in [0.2, 0.25) is 0 Å². The highest BCUT2D eigenvalue weighted by molar-refractivity contribution is 7.99. The second-order valence-electron chi connectivity index (χ2n) is 5.73. The Morgan fingerprint density at radius 3 is 2.04 bits per heavy atom. The number of thioether (sulfide) groups is 1. The first-order valence-electron chi connectivity index (χ1n) is 8.05. The van der Waals surface area contributed by atoms with Gasteiger partial charge in [0, 0.05) is 20.1 Å². The number of benzene rings is 2. The zero-order chi connectivity index (χ0) is 17.5. The van der Waals surface area contributed by atoms with Crippen LogP contribution in [0, 0.1) is 0 Å². The zero-order valence-corrected chi connectivity index (χ0v) is 14.9. The van der Waals surface area contributed by atoms with Gasteiger partial charge in [0.2, 0.25) is 5.91 Å². The number of hydrogen-bond donors (Lipinski definition) is 0. The van der Waals surface area contributed by atoms with E-state index in [-0.39, 0.29) is 5.91 Å². The van der Waals surface area contributed by atoms with E-state index in [1.807, 2.05) is 77.2 Å². The molecule has 0 aliphatic carbocycles. The molecule has 3 aromatic rings. The Balaban J connectivity index is 1.70. The fourth-order valence-electron chi connectivity index (χ4n) is 2.46. The van der Waals surface area contributed by atoms with Gasteiger partial charge in [0.15, 0.2) is 5.16 Å². The average molecular weight is 352 g/mol. The maximum atomic E-state index is 12.8. The summed E-state index contributed by atoms with van der Waals surface area (Å²) in [6.45, 7) is 1.18. The van der Waals surface area contributed by atoms with Gasteiger partial charge in [-0.2, -0.15) is 0 Å². The number of carbonyl (C=O) groups is 1. The Morgan fingerprint density at radius 2 is 1.56 bits per heavy atom. The lowest BCUT2D eigenvalue weighted by molar-refractivity contribution is -0.129. The lowest BCUT2D eigenvalue weighted by atomic mass is 10.1. The van der Waals surface area contributed by atoms with Crippen LogP contribution in [0.1, 0.15) is 11.1 Å². The highest BCUT2D eigenvalue weighted by Crippen LogP contribution is 2.17. The SMILES string of the molecule is Cn1cnnc1SCC(=O)N(Cc1ccccc1)Cc1ccccc1. The number of rotatable bonds is 7. The van der Waals surface area contributed by atoms with E-state index in [1.54, 1.807) is 6.33 Å². The summed E-state index contributed by atoms with van der Waals surface area (Å²) in [6.07, 6.45) is 1.64. The largest absolute Gasteiger partial charge is 0.333 e. The minimum atomic E-state index is 0.0840. The molecule has 0 atom stereocenters. The van der Waals surface area contributed by atoms with E-state index in [2.05, 4.69) is 10.2 Å². The van der Waals surface area contributed by atoms with Crippen molar-refractivity contribution in [1.29, 1.82) is 0 Å². The van der Waals surface area contributed by atoms with Gasteiger partial charge in [-0.1, -0.05) is 72.4 Å². The Labute approximate surface area is 151 Å². The Kier molecular flexibility index (Phi) is 5.85. The molecular formula is C19H20N4OS. The summed E-state index contributed by atoms with van der Waals surface area (Å²) in [6, 6.07) is 20.1. The van der Waals surface area contributed by atoms with Gasteiger partial charge in [0.05, 0.1) is 5.75 Å². The molecule has 6 heteroatoms. The summed E-state index contributed by atoms with van der Waals surface area (Å²) >= 11 is 1.41. The molecule has 5 nitrogen and oxygen atoms in total. The van der Waals surface area contributed by atoms with Crippen LogP contribution >= 0.6 is 11.8 Å². The van der Waals surface area contributed by atoms with Crippen LogP contribution in [0.5, 0.6) is 0 Å². The summed E-state index contributed by atoms with van der Waals surface area (Å²) in [5.41, 5.74) is 2.24. The Morgan fingerprint density at radius 1 is 1.00 bits per heavy atom. The van der Waals surface area contributed by atoms with E-state index in [4.69, 9.17) is 0 Å². The first-order valence-corrected chi connectivity index (χ1v) is 9.03. The van der Waals surface area contributed by atoms with Gasteiger partial charge in [0.1, 0.15) is 6.33 Å². The van der Waals surface area contributed by atoms with Gasteiger partial charge in [-0.25, -0.2) is 0 Å². The van der Waals surface area contributed by atoms with Crippen LogP contribution in [0.3, 0.4) is 0 Å². The fraction of sp³-hybridized carbons (Fsp3) is 0.211.